The predicted octanol–water partition coefficient (Wildman–Crippen LogP) is 2.20. The summed E-state index contributed by atoms with van der Waals surface area (Å²) < 4.78 is 2.05. The summed E-state index contributed by atoms with van der Waals surface area (Å²) in [4.78, 5) is 37.7. The number of β-amino-alcohol motifs (C(OH)–C–C–N with tert-alkyl or cyclic N) is 1. The van der Waals surface area contributed by atoms with E-state index < -0.39 is 0 Å². The van der Waals surface area contributed by atoms with Crippen LogP contribution in [0.2, 0.25) is 0 Å². The SMILES string of the molecule is CCCCCN1C(=O)C(=Cc2c(N3CCN(CCO)CC3)nc3ccccn3c2=O)SC1=S. The van der Waals surface area contributed by atoms with Crippen LogP contribution in [0, 0.1) is 0 Å². The van der Waals surface area contributed by atoms with Crippen molar-refractivity contribution in [3.05, 3.63) is 45.2 Å². The van der Waals surface area contributed by atoms with Gasteiger partial charge in [0.15, 0.2) is 0 Å². The van der Waals surface area contributed by atoms with Crippen LogP contribution in [0.25, 0.3) is 11.7 Å². The minimum atomic E-state index is -0.204. The number of thioether (sulfide) groups is 1. The summed E-state index contributed by atoms with van der Waals surface area (Å²) in [5, 5.41) is 9.23. The number of aromatic nitrogens is 2. The molecule has 1 N–H and O–H groups in total. The van der Waals surface area contributed by atoms with Crippen LogP contribution >= 0.6 is 24.0 Å². The van der Waals surface area contributed by atoms with Crippen molar-refractivity contribution >= 4 is 51.7 Å². The molecule has 0 radical (unpaired) electrons. The average molecular weight is 488 g/mol. The molecule has 0 aliphatic carbocycles. The Morgan fingerprint density at radius 3 is 2.67 bits per heavy atom. The van der Waals surface area contributed by atoms with E-state index in [9.17, 15) is 14.7 Å². The molecule has 0 atom stereocenters. The minimum absolute atomic E-state index is 0.126. The van der Waals surface area contributed by atoms with Gasteiger partial charge < -0.3 is 10.0 Å². The van der Waals surface area contributed by atoms with E-state index in [1.807, 2.05) is 12.1 Å². The minimum Gasteiger partial charge on any atom is -0.395 e. The molecule has 2 fully saturated rings. The van der Waals surface area contributed by atoms with Crippen molar-refractivity contribution in [3.8, 4) is 0 Å². The fraction of sp³-hybridized carbons (Fsp3) is 0.478. The summed E-state index contributed by atoms with van der Waals surface area (Å²) >= 11 is 6.71. The number of rotatable bonds is 8. The fourth-order valence-corrected chi connectivity index (χ4v) is 5.42. The number of anilines is 1. The van der Waals surface area contributed by atoms with Gasteiger partial charge in [0.2, 0.25) is 0 Å². The van der Waals surface area contributed by atoms with Crippen molar-refractivity contribution in [2.45, 2.75) is 26.2 Å². The molecule has 0 unspecified atom stereocenters. The van der Waals surface area contributed by atoms with Crippen molar-refractivity contribution in [3.63, 3.8) is 0 Å². The van der Waals surface area contributed by atoms with Crippen molar-refractivity contribution < 1.29 is 9.90 Å². The maximum atomic E-state index is 13.5. The van der Waals surface area contributed by atoms with Crippen LogP contribution < -0.4 is 10.5 Å². The maximum Gasteiger partial charge on any atom is 0.267 e. The smallest absolute Gasteiger partial charge is 0.267 e. The number of hydrogen-bond acceptors (Lipinski definition) is 8. The van der Waals surface area contributed by atoms with Crippen molar-refractivity contribution in [1.82, 2.24) is 19.2 Å². The number of carbonyl (C=O) groups excluding carboxylic acids is 1. The molecule has 2 aliphatic rings. The number of amides is 1. The largest absolute Gasteiger partial charge is 0.395 e. The second-order valence-corrected chi connectivity index (χ2v) is 9.85. The fourth-order valence-electron chi connectivity index (χ4n) is 4.13. The molecule has 8 nitrogen and oxygen atoms in total. The van der Waals surface area contributed by atoms with Gasteiger partial charge in [-0.15, -0.1) is 0 Å². The average Bonchev–Trinajstić information content (AvgIpc) is 3.09. The predicted molar refractivity (Wildman–Crippen MR) is 137 cm³/mol. The molecule has 0 spiro atoms. The van der Waals surface area contributed by atoms with Gasteiger partial charge in [0.25, 0.3) is 11.5 Å². The van der Waals surface area contributed by atoms with Crippen molar-refractivity contribution in [2.24, 2.45) is 0 Å². The molecule has 4 heterocycles. The van der Waals surface area contributed by atoms with Gasteiger partial charge in [-0.2, -0.15) is 0 Å². The van der Waals surface area contributed by atoms with Gasteiger partial charge in [-0.05, 0) is 24.6 Å². The third kappa shape index (κ3) is 5.13. The molecule has 2 saturated heterocycles. The molecule has 2 aromatic rings. The number of aliphatic hydroxyl groups is 1. The summed E-state index contributed by atoms with van der Waals surface area (Å²) in [5.74, 6) is 0.448. The highest BCUT2D eigenvalue weighted by molar-refractivity contribution is 8.26. The molecular formula is C23H29N5O3S2. The number of thiocarbonyl (C=S) groups is 1. The lowest BCUT2D eigenvalue weighted by molar-refractivity contribution is -0.122. The summed E-state index contributed by atoms with van der Waals surface area (Å²) in [6.45, 7) is 6.41. The Hall–Kier alpha value is -2.27. The second-order valence-electron chi connectivity index (χ2n) is 8.18. The van der Waals surface area contributed by atoms with Gasteiger partial charge >= 0.3 is 0 Å². The normalized spacial score (nSPS) is 18.8. The lowest BCUT2D eigenvalue weighted by Crippen LogP contribution is -2.48. The Morgan fingerprint density at radius 2 is 1.94 bits per heavy atom. The number of carbonyl (C=O) groups is 1. The maximum absolute atomic E-state index is 13.5. The first kappa shape index (κ1) is 23.9. The van der Waals surface area contributed by atoms with Crippen LogP contribution in [0.3, 0.4) is 0 Å². The topological polar surface area (TPSA) is 81.4 Å². The molecule has 0 saturated carbocycles. The summed E-state index contributed by atoms with van der Waals surface area (Å²) in [5.41, 5.74) is 0.771. The molecule has 10 heteroatoms. The molecule has 2 aromatic heterocycles. The molecule has 4 rings (SSSR count). The van der Waals surface area contributed by atoms with Gasteiger partial charge in [0, 0.05) is 45.5 Å². The number of pyridine rings is 1. The molecule has 33 heavy (non-hydrogen) atoms. The molecule has 2 aliphatic heterocycles. The van der Waals surface area contributed by atoms with E-state index in [0.717, 1.165) is 32.4 Å². The Morgan fingerprint density at radius 1 is 1.15 bits per heavy atom. The quantitative estimate of drug-likeness (QED) is 0.345. The van der Waals surface area contributed by atoms with E-state index in [4.69, 9.17) is 17.2 Å². The molecule has 0 bridgehead atoms. The van der Waals surface area contributed by atoms with Gasteiger partial charge in [-0.3, -0.25) is 23.8 Å². The van der Waals surface area contributed by atoms with E-state index >= 15 is 0 Å². The third-order valence-electron chi connectivity index (χ3n) is 5.97. The highest BCUT2D eigenvalue weighted by Gasteiger charge is 2.32. The van der Waals surface area contributed by atoms with Gasteiger partial charge in [-0.1, -0.05) is 49.8 Å². The molecule has 0 aromatic carbocycles. The zero-order chi connectivity index (χ0) is 23.4. The first-order valence-corrected chi connectivity index (χ1v) is 12.6. The number of aliphatic hydroxyl groups excluding tert-OH is 1. The van der Waals surface area contributed by atoms with E-state index in [-0.39, 0.29) is 18.1 Å². The number of nitrogens with zero attached hydrogens (tertiary/aromatic N) is 5. The van der Waals surface area contributed by atoms with Crippen LogP contribution in [0.4, 0.5) is 5.82 Å². The first-order chi connectivity index (χ1) is 16.0. The van der Waals surface area contributed by atoms with Crippen LogP contribution in [0.5, 0.6) is 0 Å². The van der Waals surface area contributed by atoms with Crippen LogP contribution in [0.1, 0.15) is 31.7 Å². The highest BCUT2D eigenvalue weighted by atomic mass is 32.2. The summed E-state index contributed by atoms with van der Waals surface area (Å²) in [6, 6.07) is 5.45. The number of piperazine rings is 1. The van der Waals surface area contributed by atoms with E-state index in [2.05, 4.69) is 16.7 Å². The van der Waals surface area contributed by atoms with E-state index in [1.165, 1.54) is 16.2 Å². The van der Waals surface area contributed by atoms with E-state index in [1.54, 1.807) is 23.2 Å². The van der Waals surface area contributed by atoms with Crippen LogP contribution in [-0.4, -0.2) is 80.4 Å². The molecule has 176 valence electrons. The Labute approximate surface area is 202 Å². The first-order valence-electron chi connectivity index (χ1n) is 11.4. The number of hydrogen-bond donors (Lipinski definition) is 1. The Bertz CT molecular complexity index is 1120. The number of fused-ring (bicyclic) bond motifs is 1. The standard InChI is InChI=1S/C23H29N5O3S2/c1-2-3-5-9-28-22(31)18(33-23(28)32)16-17-20(26-12-10-25(11-13-26)14-15-29)24-19-7-4-6-8-27(19)21(17)30/h4,6-8,16,29H,2-3,5,9-15H2,1H3. The summed E-state index contributed by atoms with van der Waals surface area (Å²) in [6.07, 6.45) is 6.38. The van der Waals surface area contributed by atoms with Gasteiger partial charge in [0.1, 0.15) is 15.8 Å². The molecule has 1 amide bonds. The van der Waals surface area contributed by atoms with E-state index in [0.29, 0.717) is 52.4 Å². The second kappa shape index (κ2) is 10.8. The third-order valence-corrected chi connectivity index (χ3v) is 7.35. The van der Waals surface area contributed by atoms with Crippen LogP contribution in [-0.2, 0) is 4.79 Å². The number of unbranched alkanes of at least 4 members (excludes halogenated alkanes) is 2. The molecular weight excluding hydrogens is 458 g/mol. The van der Waals surface area contributed by atoms with Gasteiger partial charge in [-0.25, -0.2) is 4.98 Å². The zero-order valence-electron chi connectivity index (χ0n) is 18.8. The van der Waals surface area contributed by atoms with Gasteiger partial charge in [0.05, 0.1) is 17.1 Å². The Balaban J connectivity index is 1.70. The lowest BCUT2D eigenvalue weighted by Gasteiger charge is -2.35. The highest BCUT2D eigenvalue weighted by Crippen LogP contribution is 2.33. The Kier molecular flexibility index (Phi) is 7.79. The van der Waals surface area contributed by atoms with Crippen molar-refractivity contribution in [1.29, 1.82) is 0 Å². The summed E-state index contributed by atoms with van der Waals surface area (Å²) in [7, 11) is 0. The lowest BCUT2D eigenvalue weighted by atomic mass is 10.2. The zero-order valence-corrected chi connectivity index (χ0v) is 20.4. The van der Waals surface area contributed by atoms with Crippen LogP contribution in [0.15, 0.2) is 34.1 Å². The monoisotopic (exact) mass is 487 g/mol. The van der Waals surface area contributed by atoms with Crippen molar-refractivity contribution in [2.75, 3.05) is 50.8 Å².